The molecule has 0 fully saturated rings. The summed E-state index contributed by atoms with van der Waals surface area (Å²) in [6.07, 6.45) is 0. The molecule has 0 saturated heterocycles. The quantitative estimate of drug-likeness (QED) is 0.160. The van der Waals surface area contributed by atoms with Gasteiger partial charge in [0, 0.05) is 27.5 Å². The van der Waals surface area contributed by atoms with Crippen LogP contribution in [0.15, 0.2) is 253 Å². The fourth-order valence-corrected chi connectivity index (χ4v) is 11.4. The lowest BCUT2D eigenvalue weighted by Gasteiger charge is -2.35. The third-order valence-corrected chi connectivity index (χ3v) is 14.5. The maximum atomic E-state index is 7.12. The van der Waals surface area contributed by atoms with Gasteiger partial charge in [-0.1, -0.05) is 243 Å². The number of fused-ring (bicyclic) bond motifs is 8. The van der Waals surface area contributed by atoms with Crippen LogP contribution in [-0.4, -0.2) is 15.0 Å². The van der Waals surface area contributed by atoms with Gasteiger partial charge >= 0.3 is 0 Å². The van der Waals surface area contributed by atoms with Crippen molar-refractivity contribution in [3.05, 3.63) is 271 Å². The van der Waals surface area contributed by atoms with E-state index in [0.717, 1.165) is 60.9 Å². The van der Waals surface area contributed by atoms with Crippen molar-refractivity contribution >= 4 is 43.5 Å². The van der Waals surface area contributed by atoms with Crippen LogP contribution < -0.4 is 0 Å². The molecule has 4 nitrogen and oxygen atoms in total. The highest BCUT2D eigenvalue weighted by atomic mass is 16.3. The van der Waals surface area contributed by atoms with Gasteiger partial charge in [-0.15, -0.1) is 0 Å². The summed E-state index contributed by atoms with van der Waals surface area (Å²) >= 11 is 0. The average molecular weight is 892 g/mol. The fourth-order valence-electron chi connectivity index (χ4n) is 11.4. The van der Waals surface area contributed by atoms with Crippen LogP contribution in [0.1, 0.15) is 22.3 Å². The van der Waals surface area contributed by atoms with Crippen LogP contribution in [0.25, 0.3) is 111 Å². The largest absolute Gasteiger partial charge is 0.455 e. The summed E-state index contributed by atoms with van der Waals surface area (Å²) in [6, 6.07) is 88.6. The molecule has 0 N–H and O–H groups in total. The molecule has 11 aromatic carbocycles. The molecule has 0 amide bonds. The highest BCUT2D eigenvalue weighted by molar-refractivity contribution is 6.14. The number of nitrogens with zero attached hydrogens (tertiary/aromatic N) is 3. The maximum absolute atomic E-state index is 7.12. The molecule has 0 atom stereocenters. The normalized spacial score (nSPS) is 12.7. The molecule has 4 heteroatoms. The van der Waals surface area contributed by atoms with Crippen LogP contribution >= 0.6 is 0 Å². The molecule has 0 radical (unpaired) electrons. The second-order valence-corrected chi connectivity index (χ2v) is 18.2. The van der Waals surface area contributed by atoms with Gasteiger partial charge in [-0.3, -0.25) is 0 Å². The van der Waals surface area contributed by atoms with Crippen molar-refractivity contribution in [1.29, 1.82) is 0 Å². The summed E-state index contributed by atoms with van der Waals surface area (Å²) in [5.74, 6) is 1.69. The van der Waals surface area contributed by atoms with E-state index >= 15 is 0 Å². The molecule has 1 aliphatic carbocycles. The van der Waals surface area contributed by atoms with Crippen LogP contribution in [0.5, 0.6) is 0 Å². The summed E-state index contributed by atoms with van der Waals surface area (Å²) in [5, 5.41) is 6.82. The van der Waals surface area contributed by atoms with Gasteiger partial charge in [0.05, 0.1) is 11.0 Å². The lowest BCUT2D eigenvalue weighted by molar-refractivity contribution is 0.670. The molecular formula is C66H41N3O. The van der Waals surface area contributed by atoms with Gasteiger partial charge in [0.2, 0.25) is 0 Å². The molecule has 14 rings (SSSR count). The molecular weight excluding hydrogens is 851 g/mol. The molecule has 326 valence electrons. The van der Waals surface area contributed by atoms with Gasteiger partial charge in [-0.25, -0.2) is 15.0 Å². The van der Waals surface area contributed by atoms with E-state index in [2.05, 4.69) is 249 Å². The van der Waals surface area contributed by atoms with E-state index in [0.29, 0.717) is 17.5 Å². The minimum Gasteiger partial charge on any atom is -0.455 e. The summed E-state index contributed by atoms with van der Waals surface area (Å²) in [5.41, 5.74) is 15.1. The summed E-state index contributed by atoms with van der Waals surface area (Å²) in [4.78, 5) is 16.4. The van der Waals surface area contributed by atoms with Gasteiger partial charge in [-0.2, -0.15) is 0 Å². The van der Waals surface area contributed by atoms with Crippen LogP contribution in [0, 0.1) is 0 Å². The Morgan fingerprint density at radius 1 is 0.257 bits per heavy atom. The van der Waals surface area contributed by atoms with Crippen LogP contribution in [-0.2, 0) is 5.41 Å². The molecule has 0 unspecified atom stereocenters. The number of benzene rings is 11. The van der Waals surface area contributed by atoms with Crippen molar-refractivity contribution in [3.8, 4) is 67.5 Å². The SMILES string of the molecule is c1ccc(C2(c3ccccc3-c3nc(-c4ccc(-c5cccc6ccccc56)cc4)nc(-c4cccc5c4oc4c(-c6cccc7ccccc67)cccc45)n3)c3ccccc3-c3ccccc32)cc1. The maximum Gasteiger partial charge on any atom is 0.167 e. The Labute approximate surface area is 404 Å². The highest BCUT2D eigenvalue weighted by Crippen LogP contribution is 2.57. The van der Waals surface area contributed by atoms with Gasteiger partial charge in [-0.05, 0) is 77.7 Å². The molecule has 0 bridgehead atoms. The van der Waals surface area contributed by atoms with Crippen molar-refractivity contribution in [1.82, 2.24) is 15.0 Å². The predicted molar refractivity (Wildman–Crippen MR) is 287 cm³/mol. The van der Waals surface area contributed by atoms with Crippen LogP contribution in [0.3, 0.4) is 0 Å². The summed E-state index contributed by atoms with van der Waals surface area (Å²) in [7, 11) is 0. The Hall–Kier alpha value is -9.25. The second-order valence-electron chi connectivity index (χ2n) is 18.2. The van der Waals surface area contributed by atoms with Crippen molar-refractivity contribution < 1.29 is 4.42 Å². The minimum atomic E-state index is -0.672. The Morgan fingerprint density at radius 3 is 1.31 bits per heavy atom. The van der Waals surface area contributed by atoms with Crippen molar-refractivity contribution in [2.45, 2.75) is 5.41 Å². The van der Waals surface area contributed by atoms with E-state index in [1.165, 1.54) is 54.9 Å². The topological polar surface area (TPSA) is 51.8 Å². The Morgan fingerprint density at radius 2 is 0.657 bits per heavy atom. The number of furan rings is 1. The Kier molecular flexibility index (Phi) is 9.08. The molecule has 0 spiro atoms. The van der Waals surface area contributed by atoms with Gasteiger partial charge in [0.1, 0.15) is 11.2 Å². The number of para-hydroxylation sites is 2. The van der Waals surface area contributed by atoms with Gasteiger partial charge in [0.15, 0.2) is 17.5 Å². The molecule has 2 heterocycles. The highest BCUT2D eigenvalue weighted by Gasteiger charge is 2.47. The first-order valence-electron chi connectivity index (χ1n) is 23.8. The zero-order valence-corrected chi connectivity index (χ0v) is 37.9. The third-order valence-electron chi connectivity index (χ3n) is 14.5. The van der Waals surface area contributed by atoms with E-state index < -0.39 is 5.41 Å². The van der Waals surface area contributed by atoms with Gasteiger partial charge < -0.3 is 4.42 Å². The van der Waals surface area contributed by atoms with Gasteiger partial charge in [0.25, 0.3) is 0 Å². The first-order chi connectivity index (χ1) is 34.7. The zero-order valence-electron chi connectivity index (χ0n) is 37.9. The third kappa shape index (κ3) is 6.06. The molecule has 0 saturated carbocycles. The zero-order chi connectivity index (χ0) is 46.2. The molecule has 1 aliphatic rings. The number of aromatic nitrogens is 3. The van der Waals surface area contributed by atoms with Crippen LogP contribution in [0.4, 0.5) is 0 Å². The van der Waals surface area contributed by atoms with E-state index in [-0.39, 0.29) is 0 Å². The summed E-state index contributed by atoms with van der Waals surface area (Å²) < 4.78 is 7.12. The second kappa shape index (κ2) is 15.9. The number of rotatable bonds is 7. The standard InChI is InChI=1S/C66H41N3O/c1-2-22-46(23-3-1)66(58-35-11-8-26-51(58)52-27-9-12-36-59(52)66)60-37-13-10-28-56(60)64-67-63(45-40-38-44(39-41-45)48-29-14-20-42-18-4-6-24-47(42)48)68-65(69-64)57-34-17-33-55-54-32-16-31-53(61(54)70-62(55)57)50-30-15-21-43-19-5-7-25-49(43)50/h1-41H. The molecule has 70 heavy (non-hydrogen) atoms. The monoisotopic (exact) mass is 891 g/mol. The van der Waals surface area contributed by atoms with Crippen molar-refractivity contribution in [2.24, 2.45) is 0 Å². The van der Waals surface area contributed by atoms with Crippen molar-refractivity contribution in [2.75, 3.05) is 0 Å². The van der Waals surface area contributed by atoms with E-state index in [9.17, 15) is 0 Å². The Bertz CT molecular complexity index is 4130. The Balaban J connectivity index is 1.01. The number of hydrogen-bond acceptors (Lipinski definition) is 4. The summed E-state index contributed by atoms with van der Waals surface area (Å²) in [6.45, 7) is 0. The predicted octanol–water partition coefficient (Wildman–Crippen LogP) is 16.8. The van der Waals surface area contributed by atoms with E-state index in [4.69, 9.17) is 19.4 Å². The lowest BCUT2D eigenvalue weighted by Crippen LogP contribution is -2.29. The smallest absolute Gasteiger partial charge is 0.167 e. The van der Waals surface area contributed by atoms with E-state index in [1.54, 1.807) is 0 Å². The average Bonchev–Trinajstić information content (AvgIpc) is 3.97. The van der Waals surface area contributed by atoms with Crippen LogP contribution in [0.2, 0.25) is 0 Å². The molecule has 0 aliphatic heterocycles. The lowest BCUT2D eigenvalue weighted by atomic mass is 9.66. The fraction of sp³-hybridized carbons (Fsp3) is 0.0152. The first kappa shape index (κ1) is 39.9. The van der Waals surface area contributed by atoms with E-state index in [1.807, 2.05) is 0 Å². The minimum absolute atomic E-state index is 0.533. The first-order valence-corrected chi connectivity index (χ1v) is 23.8. The van der Waals surface area contributed by atoms with Crippen molar-refractivity contribution in [3.63, 3.8) is 0 Å². The number of hydrogen-bond donors (Lipinski definition) is 0. The molecule has 2 aromatic heterocycles. The molecule has 13 aromatic rings.